The predicted octanol–water partition coefficient (Wildman–Crippen LogP) is 3.54. The van der Waals surface area contributed by atoms with E-state index < -0.39 is 12.1 Å². The van der Waals surface area contributed by atoms with E-state index in [4.69, 9.17) is 14.2 Å². The number of nitrogens with zero attached hydrogens (tertiary/aromatic N) is 3. The second-order valence-electron chi connectivity index (χ2n) is 6.26. The van der Waals surface area contributed by atoms with Crippen molar-refractivity contribution in [2.45, 2.75) is 19.3 Å². The maximum absolute atomic E-state index is 11.9. The predicted molar refractivity (Wildman–Crippen MR) is 108 cm³/mol. The van der Waals surface area contributed by atoms with E-state index in [2.05, 4.69) is 16.8 Å². The first-order chi connectivity index (χ1) is 14.6. The van der Waals surface area contributed by atoms with Crippen LogP contribution in [-0.2, 0) is 14.3 Å². The number of phenols is 1. The van der Waals surface area contributed by atoms with E-state index in [1.807, 2.05) is 12.1 Å². The molecule has 3 rings (SSSR count). The van der Waals surface area contributed by atoms with Crippen LogP contribution in [0, 0.1) is 0 Å². The molecule has 0 aliphatic rings. The van der Waals surface area contributed by atoms with Crippen molar-refractivity contribution in [3.63, 3.8) is 0 Å². The zero-order chi connectivity index (χ0) is 21.3. The average Bonchev–Trinajstić information content (AvgIpc) is 3.18. The summed E-state index contributed by atoms with van der Waals surface area (Å²) in [4.78, 5) is 24.0. The summed E-state index contributed by atoms with van der Waals surface area (Å²) in [6.07, 6.45) is 2.23. The van der Waals surface area contributed by atoms with Gasteiger partial charge in [0.15, 0.2) is 0 Å². The van der Waals surface area contributed by atoms with E-state index in [1.54, 1.807) is 12.1 Å². The first-order valence-corrected chi connectivity index (χ1v) is 9.36. The molecular formula is C21H21N3O6. The summed E-state index contributed by atoms with van der Waals surface area (Å²) >= 11 is 0. The second kappa shape index (κ2) is 10.1. The van der Waals surface area contributed by atoms with Gasteiger partial charge in [0.2, 0.25) is 0 Å². The van der Waals surface area contributed by atoms with Crippen LogP contribution in [0.1, 0.15) is 19.3 Å². The lowest BCUT2D eigenvalue weighted by Crippen LogP contribution is -2.12. The van der Waals surface area contributed by atoms with Crippen LogP contribution < -0.4 is 4.74 Å². The van der Waals surface area contributed by atoms with Gasteiger partial charge in [-0.1, -0.05) is 18.7 Å². The quantitative estimate of drug-likeness (QED) is 0.246. The number of unbranched alkanes of at least 4 members (excludes halogenated alkanes) is 2. The fourth-order valence-corrected chi connectivity index (χ4v) is 2.59. The van der Waals surface area contributed by atoms with Crippen molar-refractivity contribution < 1.29 is 28.9 Å². The minimum atomic E-state index is -0.858. The fourth-order valence-electron chi connectivity index (χ4n) is 2.59. The highest BCUT2D eigenvalue weighted by molar-refractivity contribution is 5.81. The lowest BCUT2D eigenvalue weighted by molar-refractivity contribution is -0.137. The molecule has 3 aromatic rings. The number of rotatable bonds is 9. The monoisotopic (exact) mass is 411 g/mol. The van der Waals surface area contributed by atoms with Gasteiger partial charge in [-0.25, -0.2) is 9.59 Å². The summed E-state index contributed by atoms with van der Waals surface area (Å²) in [7, 11) is 0. The number of carbonyl (C=O) groups is 2. The van der Waals surface area contributed by atoms with Crippen molar-refractivity contribution in [3.8, 4) is 17.2 Å². The number of carbonyl (C=O) groups excluding carboxylic acids is 2. The number of hydrogen-bond acceptors (Lipinski definition) is 8. The van der Waals surface area contributed by atoms with Crippen LogP contribution >= 0.6 is 0 Å². The van der Waals surface area contributed by atoms with E-state index in [0.29, 0.717) is 30.5 Å². The zero-order valence-electron chi connectivity index (χ0n) is 16.2. The van der Waals surface area contributed by atoms with Crippen LogP contribution in [0.2, 0.25) is 0 Å². The average molecular weight is 411 g/mol. The molecule has 30 heavy (non-hydrogen) atoms. The van der Waals surface area contributed by atoms with Crippen LogP contribution in [0.15, 0.2) is 55.1 Å². The van der Waals surface area contributed by atoms with Crippen molar-refractivity contribution in [3.05, 3.63) is 55.1 Å². The van der Waals surface area contributed by atoms with E-state index in [9.17, 15) is 14.7 Å². The van der Waals surface area contributed by atoms with Crippen molar-refractivity contribution in [1.82, 2.24) is 15.0 Å². The van der Waals surface area contributed by atoms with Crippen LogP contribution in [0.5, 0.6) is 11.5 Å². The number of ether oxygens (including phenoxy) is 3. The van der Waals surface area contributed by atoms with Crippen molar-refractivity contribution in [2.75, 3.05) is 13.2 Å². The van der Waals surface area contributed by atoms with Gasteiger partial charge in [-0.15, -0.1) is 15.0 Å². The highest BCUT2D eigenvalue weighted by Gasteiger charge is 2.13. The Kier molecular flexibility index (Phi) is 6.99. The SMILES string of the molecule is C=CC(=O)OCCCCCOC(=O)Oc1ccc(O)c(-n2nc3ccccc3n2)c1. The molecule has 0 bridgehead atoms. The third-order valence-corrected chi connectivity index (χ3v) is 4.07. The molecule has 0 amide bonds. The summed E-state index contributed by atoms with van der Waals surface area (Å²) in [6, 6.07) is 11.6. The molecule has 0 aliphatic carbocycles. The standard InChI is InChI=1S/C21H21N3O6/c1-2-20(26)28-12-6-3-7-13-29-21(27)30-15-10-11-19(25)18(14-15)24-22-16-8-4-5-9-17(16)23-24/h2,4-5,8-11,14,25H,1,3,6-7,12-13H2. The summed E-state index contributed by atoms with van der Waals surface area (Å²) in [6.45, 7) is 3.78. The van der Waals surface area contributed by atoms with Gasteiger partial charge < -0.3 is 19.3 Å². The molecule has 1 aromatic heterocycles. The largest absolute Gasteiger partial charge is 0.513 e. The molecule has 156 valence electrons. The lowest BCUT2D eigenvalue weighted by Gasteiger charge is -2.08. The van der Waals surface area contributed by atoms with Gasteiger partial charge in [0.25, 0.3) is 0 Å². The summed E-state index contributed by atoms with van der Waals surface area (Å²) in [5, 5.41) is 18.7. The molecule has 0 spiro atoms. The number of phenolic OH excluding ortho intramolecular Hbond substituents is 1. The van der Waals surface area contributed by atoms with Gasteiger partial charge in [-0.05, 0) is 43.5 Å². The number of hydrogen-bond donors (Lipinski definition) is 1. The van der Waals surface area contributed by atoms with Gasteiger partial charge in [0.1, 0.15) is 28.2 Å². The van der Waals surface area contributed by atoms with Gasteiger partial charge in [-0.3, -0.25) is 0 Å². The third kappa shape index (κ3) is 5.57. The maximum atomic E-state index is 11.9. The van der Waals surface area contributed by atoms with Gasteiger partial charge in [-0.2, -0.15) is 0 Å². The Morgan fingerprint density at radius 2 is 1.67 bits per heavy atom. The van der Waals surface area contributed by atoms with Gasteiger partial charge in [0.05, 0.1) is 13.2 Å². The fraction of sp³-hybridized carbons (Fsp3) is 0.238. The second-order valence-corrected chi connectivity index (χ2v) is 6.26. The Labute approximate surface area is 172 Å². The smallest absolute Gasteiger partial charge is 0.506 e. The van der Waals surface area contributed by atoms with E-state index in [-0.39, 0.29) is 23.8 Å². The van der Waals surface area contributed by atoms with Crippen LogP contribution in [0.3, 0.4) is 0 Å². The Balaban J connectivity index is 1.49. The van der Waals surface area contributed by atoms with Gasteiger partial charge >= 0.3 is 12.1 Å². The normalized spacial score (nSPS) is 10.5. The third-order valence-electron chi connectivity index (χ3n) is 4.07. The molecule has 0 radical (unpaired) electrons. The molecule has 0 unspecified atom stereocenters. The first-order valence-electron chi connectivity index (χ1n) is 9.36. The number of esters is 1. The highest BCUT2D eigenvalue weighted by atomic mass is 16.7. The Hall–Kier alpha value is -3.88. The van der Waals surface area contributed by atoms with Crippen molar-refractivity contribution in [1.29, 1.82) is 0 Å². The molecule has 0 atom stereocenters. The minimum Gasteiger partial charge on any atom is -0.506 e. The van der Waals surface area contributed by atoms with E-state index >= 15 is 0 Å². The molecule has 1 heterocycles. The van der Waals surface area contributed by atoms with Gasteiger partial charge in [0, 0.05) is 12.1 Å². The number of aromatic hydroxyl groups is 1. The molecule has 0 fully saturated rings. The molecule has 2 aromatic carbocycles. The molecule has 9 heteroatoms. The Morgan fingerprint density at radius 3 is 2.33 bits per heavy atom. The number of benzene rings is 2. The van der Waals surface area contributed by atoms with Crippen LogP contribution in [0.4, 0.5) is 4.79 Å². The summed E-state index contributed by atoms with van der Waals surface area (Å²) in [5.74, 6) is -0.333. The molecule has 0 saturated carbocycles. The molecule has 1 N–H and O–H groups in total. The summed E-state index contributed by atoms with van der Waals surface area (Å²) < 4.78 is 15.0. The topological polar surface area (TPSA) is 113 Å². The Bertz CT molecular complexity index is 1010. The number of fused-ring (bicyclic) bond motifs is 1. The lowest BCUT2D eigenvalue weighted by atomic mass is 10.2. The Morgan fingerprint density at radius 1 is 1.00 bits per heavy atom. The van der Waals surface area contributed by atoms with E-state index in [1.165, 1.54) is 23.0 Å². The molecule has 9 nitrogen and oxygen atoms in total. The molecule has 0 aliphatic heterocycles. The van der Waals surface area contributed by atoms with E-state index in [0.717, 1.165) is 12.5 Å². The highest BCUT2D eigenvalue weighted by Crippen LogP contribution is 2.26. The zero-order valence-corrected chi connectivity index (χ0v) is 16.2. The number of aromatic nitrogens is 3. The first kappa shape index (κ1) is 20.8. The van der Waals surface area contributed by atoms with Crippen molar-refractivity contribution in [2.24, 2.45) is 0 Å². The van der Waals surface area contributed by atoms with Crippen molar-refractivity contribution >= 4 is 23.2 Å². The molecule has 0 saturated heterocycles. The van der Waals surface area contributed by atoms with Crippen LogP contribution in [-0.4, -0.2) is 45.4 Å². The molecular weight excluding hydrogens is 390 g/mol. The maximum Gasteiger partial charge on any atom is 0.513 e. The van der Waals surface area contributed by atoms with Crippen LogP contribution in [0.25, 0.3) is 16.7 Å². The summed E-state index contributed by atoms with van der Waals surface area (Å²) in [5.41, 5.74) is 1.61. The minimum absolute atomic E-state index is 0.0619.